The number of anilines is 2. The van der Waals surface area contributed by atoms with Gasteiger partial charge in [-0.25, -0.2) is 9.97 Å². The number of likely N-dealkylation sites (tertiary alicyclic amines) is 2. The molecule has 0 aliphatic carbocycles. The van der Waals surface area contributed by atoms with Gasteiger partial charge < -0.3 is 24.4 Å². The number of fused-ring (bicyclic) bond motifs is 2. The lowest BCUT2D eigenvalue weighted by molar-refractivity contribution is -0.274. The minimum absolute atomic E-state index is 0.00705. The van der Waals surface area contributed by atoms with Gasteiger partial charge in [0.1, 0.15) is 5.75 Å². The summed E-state index contributed by atoms with van der Waals surface area (Å²) in [4.78, 5) is 35.3. The van der Waals surface area contributed by atoms with Gasteiger partial charge in [-0.1, -0.05) is 11.3 Å². The largest absolute Gasteiger partial charge is 0.573 e. The van der Waals surface area contributed by atoms with E-state index in [1.54, 1.807) is 17.0 Å². The molecule has 0 unspecified atom stereocenters. The molecule has 4 aromatic rings. The minimum atomic E-state index is -4.75. The van der Waals surface area contributed by atoms with Gasteiger partial charge in [-0.05, 0) is 56.0 Å². The zero-order valence-electron chi connectivity index (χ0n) is 21.2. The van der Waals surface area contributed by atoms with E-state index >= 15 is 0 Å². The Bertz CT molecular complexity index is 1490. The number of hydrogen-bond acceptors (Lipinski definition) is 7. The molecule has 0 atom stereocenters. The molecule has 206 valence electrons. The molecule has 1 N–H and O–H groups in total. The van der Waals surface area contributed by atoms with Crippen LogP contribution in [0.15, 0.2) is 36.4 Å². The summed E-state index contributed by atoms with van der Waals surface area (Å²) < 4.78 is 43.8. The molecule has 6 rings (SSSR count). The maximum Gasteiger partial charge on any atom is 0.573 e. The van der Waals surface area contributed by atoms with Crippen molar-refractivity contribution < 1.29 is 27.5 Å². The lowest BCUT2D eigenvalue weighted by atomic mass is 10.2. The summed E-state index contributed by atoms with van der Waals surface area (Å²) in [6.45, 7) is 3.51. The number of carbonyl (C=O) groups is 2. The molecular weight excluding hydrogens is 533 g/mol. The number of halogens is 3. The quantitative estimate of drug-likeness (QED) is 0.333. The molecule has 9 nitrogen and oxygen atoms in total. The monoisotopic (exact) mass is 560 g/mol. The number of benzene rings is 2. The number of thiazole rings is 1. The van der Waals surface area contributed by atoms with Crippen molar-refractivity contribution in [1.29, 1.82) is 0 Å². The molecule has 0 spiro atoms. The number of amides is 2. The maximum absolute atomic E-state index is 12.7. The molecule has 13 heteroatoms. The van der Waals surface area contributed by atoms with Gasteiger partial charge in [-0.15, -0.1) is 13.2 Å². The van der Waals surface area contributed by atoms with Crippen molar-refractivity contribution in [1.82, 2.24) is 24.3 Å². The number of alkyl halides is 3. The smallest absolute Gasteiger partial charge is 0.406 e. The van der Waals surface area contributed by atoms with E-state index < -0.39 is 6.36 Å². The van der Waals surface area contributed by atoms with Gasteiger partial charge in [0, 0.05) is 44.9 Å². The summed E-state index contributed by atoms with van der Waals surface area (Å²) in [6, 6.07) is 9.44. The highest BCUT2D eigenvalue weighted by molar-refractivity contribution is 7.22. The Kier molecular flexibility index (Phi) is 7.60. The zero-order valence-corrected chi connectivity index (χ0v) is 22.0. The van der Waals surface area contributed by atoms with Crippen LogP contribution in [-0.2, 0) is 11.8 Å². The molecule has 2 fully saturated rings. The molecule has 2 amide bonds. The Labute approximate surface area is 226 Å². The third-order valence-electron chi connectivity index (χ3n) is 6.62. The maximum atomic E-state index is 12.7. The van der Waals surface area contributed by atoms with E-state index in [1.165, 1.54) is 42.4 Å². The highest BCUT2D eigenvalue weighted by atomic mass is 32.1. The average Bonchev–Trinajstić information content (AvgIpc) is 3.71. The number of carbonyl (C=O) groups excluding carboxylic acids is 2. The fourth-order valence-corrected chi connectivity index (χ4v) is 5.53. The highest BCUT2D eigenvalue weighted by Crippen LogP contribution is 2.33. The third-order valence-corrected chi connectivity index (χ3v) is 7.56. The van der Waals surface area contributed by atoms with Crippen LogP contribution in [0, 0.1) is 0 Å². The van der Waals surface area contributed by atoms with Gasteiger partial charge >= 0.3 is 6.36 Å². The van der Waals surface area contributed by atoms with Crippen LogP contribution in [-0.4, -0.2) is 69.2 Å². The number of hydrogen-bond donors (Lipinski definition) is 1. The van der Waals surface area contributed by atoms with E-state index in [4.69, 9.17) is 0 Å². The summed E-state index contributed by atoms with van der Waals surface area (Å²) in [5.74, 6) is 0.224. The van der Waals surface area contributed by atoms with Crippen molar-refractivity contribution in [2.24, 2.45) is 7.05 Å². The predicted octanol–water partition coefficient (Wildman–Crippen LogP) is 5.30. The van der Waals surface area contributed by atoms with Gasteiger partial charge in [0.2, 0.25) is 12.4 Å². The second kappa shape index (κ2) is 11.1. The van der Waals surface area contributed by atoms with E-state index in [9.17, 15) is 22.8 Å². The molecular formula is C26H27F3N6O3S. The first-order valence-corrected chi connectivity index (χ1v) is 13.4. The number of nitrogens with zero attached hydrogens (tertiary/aromatic N) is 5. The second-order valence-electron chi connectivity index (χ2n) is 9.37. The number of nitrogens with one attached hydrogen (secondary N) is 1. The van der Waals surface area contributed by atoms with E-state index in [0.29, 0.717) is 32.4 Å². The summed E-state index contributed by atoms with van der Waals surface area (Å²) in [5.41, 5.74) is 2.65. The standard InChI is InChI=1S/C21H18F3N5O2S.C5H9NO/c1-28-16-7-4-12(18(30)29-8-2-3-9-29)10-15(16)25-19(28)27-20-26-14-6-5-13(11-17(14)32-20)31-21(22,23)24;7-5-6-3-1-2-4-6/h4-7,10-11H,2-3,8-9H2,1H3,(H,25,26,27);5H,1-4H2. The molecule has 0 bridgehead atoms. The number of aromatic nitrogens is 3. The summed E-state index contributed by atoms with van der Waals surface area (Å²) in [5, 5.41) is 3.61. The Morgan fingerprint density at radius 3 is 2.38 bits per heavy atom. The van der Waals surface area contributed by atoms with E-state index in [2.05, 4.69) is 20.0 Å². The molecule has 2 aliphatic heterocycles. The lowest BCUT2D eigenvalue weighted by Gasteiger charge is -2.14. The van der Waals surface area contributed by atoms with Gasteiger partial charge in [-0.2, -0.15) is 0 Å². The Hall–Kier alpha value is -3.87. The normalized spacial score (nSPS) is 15.5. The molecule has 2 saturated heterocycles. The first-order valence-electron chi connectivity index (χ1n) is 12.6. The number of imidazole rings is 1. The van der Waals surface area contributed by atoms with Gasteiger partial charge in [0.15, 0.2) is 5.13 Å². The first kappa shape index (κ1) is 26.7. The third kappa shape index (κ3) is 6.24. The van der Waals surface area contributed by atoms with Crippen LogP contribution in [0.3, 0.4) is 0 Å². The van der Waals surface area contributed by atoms with Crippen LogP contribution in [0.25, 0.3) is 21.3 Å². The van der Waals surface area contributed by atoms with E-state index in [-0.39, 0.29) is 11.7 Å². The summed E-state index contributed by atoms with van der Waals surface area (Å²) >= 11 is 1.19. The van der Waals surface area contributed by atoms with Crippen molar-refractivity contribution in [3.05, 3.63) is 42.0 Å². The zero-order chi connectivity index (χ0) is 27.6. The second-order valence-corrected chi connectivity index (χ2v) is 10.4. The van der Waals surface area contributed by atoms with Gasteiger partial charge in [0.25, 0.3) is 5.91 Å². The first-order chi connectivity index (χ1) is 18.7. The van der Waals surface area contributed by atoms with E-state index in [0.717, 1.165) is 50.9 Å². The van der Waals surface area contributed by atoms with Crippen molar-refractivity contribution in [3.8, 4) is 5.75 Å². The molecule has 0 radical (unpaired) electrons. The van der Waals surface area contributed by atoms with Crippen LogP contribution < -0.4 is 10.1 Å². The van der Waals surface area contributed by atoms with Crippen molar-refractivity contribution in [2.75, 3.05) is 31.5 Å². The molecule has 0 saturated carbocycles. The number of aryl methyl sites for hydroxylation is 1. The van der Waals surface area contributed by atoms with Gasteiger partial charge in [0.05, 0.1) is 21.3 Å². The van der Waals surface area contributed by atoms with Crippen LogP contribution in [0.4, 0.5) is 24.3 Å². The van der Waals surface area contributed by atoms with Crippen molar-refractivity contribution in [3.63, 3.8) is 0 Å². The fourth-order valence-electron chi connectivity index (χ4n) is 4.65. The molecule has 39 heavy (non-hydrogen) atoms. The van der Waals surface area contributed by atoms with Crippen LogP contribution in [0.1, 0.15) is 36.0 Å². The highest BCUT2D eigenvalue weighted by Gasteiger charge is 2.31. The lowest BCUT2D eigenvalue weighted by Crippen LogP contribution is -2.27. The van der Waals surface area contributed by atoms with Gasteiger partial charge in [-0.3, -0.25) is 9.59 Å². The minimum Gasteiger partial charge on any atom is -0.406 e. The predicted molar refractivity (Wildman–Crippen MR) is 142 cm³/mol. The van der Waals surface area contributed by atoms with E-state index in [1.807, 2.05) is 22.6 Å². The Balaban J connectivity index is 0.000000384. The summed E-state index contributed by atoms with van der Waals surface area (Å²) in [6.07, 6.45) is 0.612. The fraction of sp³-hybridized carbons (Fsp3) is 0.385. The molecule has 2 aliphatic rings. The van der Waals surface area contributed by atoms with Crippen molar-refractivity contribution in [2.45, 2.75) is 32.0 Å². The summed E-state index contributed by atoms with van der Waals surface area (Å²) in [7, 11) is 1.84. The van der Waals surface area contributed by atoms with Crippen LogP contribution in [0.5, 0.6) is 5.75 Å². The van der Waals surface area contributed by atoms with Crippen molar-refractivity contribution >= 4 is 56.0 Å². The van der Waals surface area contributed by atoms with Crippen LogP contribution >= 0.6 is 11.3 Å². The average molecular weight is 561 g/mol. The molecule has 2 aromatic heterocycles. The Morgan fingerprint density at radius 2 is 1.72 bits per heavy atom. The number of rotatable bonds is 5. The molecule has 4 heterocycles. The molecule has 2 aromatic carbocycles. The van der Waals surface area contributed by atoms with Crippen LogP contribution in [0.2, 0.25) is 0 Å². The number of ether oxygens (including phenoxy) is 1. The topological polar surface area (TPSA) is 92.6 Å². The Morgan fingerprint density at radius 1 is 1.00 bits per heavy atom. The SMILES string of the molecule is Cn1c(Nc2nc3ccc(OC(F)(F)F)cc3s2)nc2cc(C(=O)N3CCCC3)ccc21.O=CN1CCCC1.